The first-order chi connectivity index (χ1) is 10.5. The SMILES string of the molecule is O=c1n(-c2ccccc2)c(=O)n(SC(Cl)(Cl)Br)n1SC(Cl)(Cl)Br. The van der Waals surface area contributed by atoms with Gasteiger partial charge in [-0.3, -0.25) is 0 Å². The first-order valence-corrected chi connectivity index (χ1v) is 10.2. The molecule has 2 aromatic rings. The van der Waals surface area contributed by atoms with Crippen LogP contribution in [0.15, 0.2) is 39.9 Å². The summed E-state index contributed by atoms with van der Waals surface area (Å²) in [5.41, 5.74) is -0.965. The van der Waals surface area contributed by atoms with Gasteiger partial charge in [-0.2, -0.15) is 8.17 Å². The molecular formula is C10H5Br2Cl4N3O2S2. The fraction of sp³-hybridized carbons (Fsp3) is 0.200. The number of halogens is 6. The minimum Gasteiger partial charge on any atom is -0.244 e. The lowest BCUT2D eigenvalue weighted by molar-refractivity contribution is 0.889. The summed E-state index contributed by atoms with van der Waals surface area (Å²) in [6.45, 7) is 0. The Morgan fingerprint density at radius 2 is 1.22 bits per heavy atom. The molecule has 0 N–H and O–H groups in total. The van der Waals surface area contributed by atoms with Crippen molar-refractivity contribution >= 4 is 102 Å². The van der Waals surface area contributed by atoms with Gasteiger partial charge < -0.3 is 0 Å². The molecule has 1 aromatic heterocycles. The fourth-order valence-corrected chi connectivity index (χ4v) is 4.36. The van der Waals surface area contributed by atoms with E-state index in [0.29, 0.717) is 29.6 Å². The highest BCUT2D eigenvalue weighted by Crippen LogP contribution is 2.44. The third kappa shape index (κ3) is 5.37. The van der Waals surface area contributed by atoms with Crippen molar-refractivity contribution in [1.29, 1.82) is 0 Å². The second-order valence-corrected chi connectivity index (χ2v) is 14.9. The molecule has 23 heavy (non-hydrogen) atoms. The quantitative estimate of drug-likeness (QED) is 0.492. The lowest BCUT2D eigenvalue weighted by Gasteiger charge is -2.15. The van der Waals surface area contributed by atoms with Crippen LogP contribution in [-0.4, -0.2) is 17.9 Å². The molecule has 0 amide bonds. The van der Waals surface area contributed by atoms with Crippen molar-refractivity contribution in [3.05, 3.63) is 51.3 Å². The van der Waals surface area contributed by atoms with E-state index in [-0.39, 0.29) is 0 Å². The molecule has 0 spiro atoms. The van der Waals surface area contributed by atoms with Crippen molar-refractivity contribution in [2.75, 3.05) is 0 Å². The minimum absolute atomic E-state index is 0.379. The smallest absolute Gasteiger partial charge is 0.244 e. The molecule has 0 aliphatic heterocycles. The minimum atomic E-state index is -1.54. The Morgan fingerprint density at radius 3 is 1.57 bits per heavy atom. The summed E-state index contributed by atoms with van der Waals surface area (Å²) in [5, 5.41) is 0. The fourth-order valence-electron chi connectivity index (χ4n) is 1.55. The van der Waals surface area contributed by atoms with Crippen LogP contribution < -0.4 is 11.4 Å². The van der Waals surface area contributed by atoms with Gasteiger partial charge in [0.2, 0.25) is 5.15 Å². The number of nitrogens with zero attached hydrogens (tertiary/aromatic N) is 3. The molecule has 0 bridgehead atoms. The summed E-state index contributed by atoms with van der Waals surface area (Å²) in [5.74, 6) is 0. The molecule has 0 saturated carbocycles. The van der Waals surface area contributed by atoms with Crippen LogP contribution >= 0.6 is 102 Å². The van der Waals surface area contributed by atoms with E-state index in [9.17, 15) is 9.59 Å². The van der Waals surface area contributed by atoms with Crippen molar-refractivity contribution in [3.63, 3.8) is 0 Å². The summed E-state index contributed by atoms with van der Waals surface area (Å²) in [4.78, 5) is 25.2. The maximum Gasteiger partial charge on any atom is 0.363 e. The lowest BCUT2D eigenvalue weighted by atomic mass is 10.3. The number of para-hydroxylation sites is 1. The second-order valence-electron chi connectivity index (χ2n) is 3.86. The monoisotopic (exact) mass is 561 g/mol. The van der Waals surface area contributed by atoms with E-state index in [1.165, 1.54) is 0 Å². The maximum absolute atomic E-state index is 12.6. The van der Waals surface area contributed by atoms with Crippen molar-refractivity contribution in [1.82, 2.24) is 12.7 Å². The number of benzene rings is 1. The van der Waals surface area contributed by atoms with Gasteiger partial charge in [-0.15, -0.1) is 0 Å². The van der Waals surface area contributed by atoms with Gasteiger partial charge in [0.1, 0.15) is 0 Å². The van der Waals surface area contributed by atoms with Crippen LogP contribution in [0.1, 0.15) is 0 Å². The highest BCUT2D eigenvalue weighted by atomic mass is 79.9. The topological polar surface area (TPSA) is 48.9 Å². The van der Waals surface area contributed by atoms with E-state index in [1.54, 1.807) is 30.3 Å². The van der Waals surface area contributed by atoms with Crippen molar-refractivity contribution in [3.8, 4) is 5.69 Å². The van der Waals surface area contributed by atoms with Crippen LogP contribution in [0, 0.1) is 0 Å². The summed E-state index contributed by atoms with van der Waals surface area (Å²) in [6, 6.07) is 8.37. The highest BCUT2D eigenvalue weighted by molar-refractivity contribution is 9.13. The van der Waals surface area contributed by atoms with Crippen molar-refractivity contribution < 1.29 is 0 Å². The van der Waals surface area contributed by atoms with E-state index in [1.807, 2.05) is 0 Å². The van der Waals surface area contributed by atoms with E-state index in [4.69, 9.17) is 46.4 Å². The van der Waals surface area contributed by atoms with Gasteiger partial charge in [0.05, 0.1) is 5.69 Å². The van der Waals surface area contributed by atoms with Gasteiger partial charge in [-0.1, -0.05) is 64.6 Å². The molecule has 0 unspecified atom stereocenters. The van der Waals surface area contributed by atoms with Gasteiger partial charge in [-0.25, -0.2) is 14.2 Å². The van der Waals surface area contributed by atoms with Crippen LogP contribution in [0.2, 0.25) is 0 Å². The zero-order chi connectivity index (χ0) is 17.4. The number of alkyl halides is 6. The van der Waals surface area contributed by atoms with Gasteiger partial charge in [0.25, 0.3) is 0 Å². The molecule has 0 atom stereocenters. The third-order valence-electron chi connectivity index (χ3n) is 2.27. The van der Waals surface area contributed by atoms with Crippen LogP contribution in [0.3, 0.4) is 0 Å². The molecule has 5 nitrogen and oxygen atoms in total. The van der Waals surface area contributed by atoms with Crippen molar-refractivity contribution in [2.45, 2.75) is 5.15 Å². The lowest BCUT2D eigenvalue weighted by Crippen LogP contribution is -2.26. The third-order valence-corrected chi connectivity index (χ3v) is 5.47. The maximum atomic E-state index is 12.6. The first-order valence-electron chi connectivity index (χ1n) is 5.54. The standard InChI is InChI=1S/C10H5Br2Cl4N3O2S2/c11-9(13,14)22-18-7(20)17(6-4-2-1-3-5-6)8(21)19(18)23-10(12,15)16/h1-5H. The van der Waals surface area contributed by atoms with E-state index < -0.39 is 16.5 Å². The second kappa shape index (κ2) is 7.57. The molecule has 0 aliphatic rings. The normalized spacial score (nSPS) is 12.6. The van der Waals surface area contributed by atoms with Crippen LogP contribution in [0.4, 0.5) is 0 Å². The first kappa shape index (κ1) is 20.1. The molecule has 13 heteroatoms. The molecule has 0 fully saturated rings. The summed E-state index contributed by atoms with van der Waals surface area (Å²) >= 11 is 30.7. The van der Waals surface area contributed by atoms with Crippen LogP contribution in [0.25, 0.3) is 5.69 Å². The molecule has 0 radical (unpaired) electrons. The Labute approximate surface area is 175 Å². The van der Waals surface area contributed by atoms with Gasteiger partial charge in [0.15, 0.2) is 0 Å². The predicted octanol–water partition coefficient (Wildman–Crippen LogP) is 4.76. The predicted molar refractivity (Wildman–Crippen MR) is 107 cm³/mol. The molecule has 2 rings (SSSR count). The Hall–Kier alpha value is 0.780. The van der Waals surface area contributed by atoms with Crippen LogP contribution in [0.5, 0.6) is 0 Å². The zero-order valence-corrected chi connectivity index (χ0v) is 18.5. The Bertz CT molecular complexity index is 763. The van der Waals surface area contributed by atoms with E-state index >= 15 is 0 Å². The molecule has 126 valence electrons. The molecule has 1 aromatic carbocycles. The zero-order valence-electron chi connectivity index (χ0n) is 10.6. The van der Waals surface area contributed by atoms with Gasteiger partial charge >= 0.3 is 11.4 Å². The number of rotatable bonds is 5. The average Bonchev–Trinajstić information content (AvgIpc) is 2.61. The van der Waals surface area contributed by atoms with Crippen molar-refractivity contribution in [2.24, 2.45) is 0 Å². The molecular weight excluding hydrogens is 560 g/mol. The van der Waals surface area contributed by atoms with E-state index in [0.717, 1.165) is 12.7 Å². The Kier molecular flexibility index (Phi) is 6.62. The summed E-state index contributed by atoms with van der Waals surface area (Å²) < 4.78 is -0.228. The van der Waals surface area contributed by atoms with Crippen LogP contribution in [-0.2, 0) is 0 Å². The molecule has 0 aliphatic carbocycles. The summed E-state index contributed by atoms with van der Waals surface area (Å²) in [7, 11) is 0. The van der Waals surface area contributed by atoms with E-state index in [2.05, 4.69) is 31.9 Å². The van der Waals surface area contributed by atoms with Gasteiger partial charge in [0, 0.05) is 23.9 Å². The highest BCUT2D eigenvalue weighted by Gasteiger charge is 2.31. The van der Waals surface area contributed by atoms with Gasteiger partial charge in [-0.05, 0) is 44.0 Å². The largest absolute Gasteiger partial charge is 0.363 e. The Balaban J connectivity index is 2.70. The molecule has 1 heterocycles. The summed E-state index contributed by atoms with van der Waals surface area (Å²) in [6.07, 6.45) is 0. The number of aromatic nitrogens is 3. The number of hydrogen-bond donors (Lipinski definition) is 0. The Morgan fingerprint density at radius 1 is 0.826 bits per heavy atom. The molecule has 0 saturated heterocycles. The average molecular weight is 565 g/mol. The number of hydrogen-bond acceptors (Lipinski definition) is 4.